The summed E-state index contributed by atoms with van der Waals surface area (Å²) in [4.78, 5) is 155. The highest BCUT2D eigenvalue weighted by atomic mass is 32.2. The SMILES string of the molecule is CSCC[C@H](N)C(=O)N[C@H](C(=O)N[C@@H](Cc1c[nH]c2ccccc12)C(=O)NCC(=O)N1CCC[C@H]1C(=O)N[C@@H](CC(=O)O)C(=O)N1CCC[C@H]1C(=O)N[C@@H](CC(C)C)C(=O)N[C@@H](Cc1ccc(O)cc1)C(=O)N[C@H](C(=O)O)C(C)C)C(C)C. The highest BCUT2D eigenvalue weighted by Gasteiger charge is 2.43. The number of carbonyl (C=O) groups is 11. The number of nitrogens with one attached hydrogen (secondary N) is 8. The second kappa shape index (κ2) is 31.1. The van der Waals surface area contributed by atoms with E-state index in [0.717, 1.165) is 15.8 Å². The third-order valence-corrected chi connectivity index (χ3v) is 15.3. The highest BCUT2D eigenvalue weighted by molar-refractivity contribution is 7.98. The van der Waals surface area contributed by atoms with Crippen molar-refractivity contribution in [1.29, 1.82) is 0 Å². The van der Waals surface area contributed by atoms with Crippen molar-refractivity contribution in [2.45, 2.75) is 154 Å². The van der Waals surface area contributed by atoms with E-state index in [1.54, 1.807) is 47.7 Å². The van der Waals surface area contributed by atoms with E-state index in [1.807, 2.05) is 30.5 Å². The number of nitrogens with zero attached hydrogens (tertiary/aromatic N) is 2. The van der Waals surface area contributed by atoms with Crippen LogP contribution < -0.4 is 43.0 Å². The molecule has 3 heterocycles. The fourth-order valence-electron chi connectivity index (χ4n) is 10.1. The molecule has 2 aliphatic rings. The summed E-state index contributed by atoms with van der Waals surface area (Å²) in [5, 5.41) is 48.8. The van der Waals surface area contributed by atoms with Gasteiger partial charge in [-0.25, -0.2) is 4.79 Å². The van der Waals surface area contributed by atoms with E-state index in [4.69, 9.17) is 5.73 Å². The van der Waals surface area contributed by atoms with Gasteiger partial charge >= 0.3 is 11.9 Å². The van der Waals surface area contributed by atoms with Gasteiger partial charge in [-0.05, 0) is 97.6 Å². The number of carbonyl (C=O) groups excluding carboxylic acids is 9. The standard InChI is InChI=1S/C57H81N11O14S/c1-30(2)24-39(51(75)61-40(25-33-16-18-35(69)19-17-33)52(76)66-48(32(5)6)57(81)82)62-54(78)44-15-11-22-68(44)56(80)42(27-46(71)72)64-53(77)43-14-10-21-67(43)45(70)29-60-50(74)41(26-34-28-59-38-13-9-8-12-36(34)38)63-55(79)47(31(3)4)65-49(73)37(58)20-23-83-7/h8-9,12-13,16-19,28,30-32,37,39-44,47-48,59,69H,10-11,14-15,20-27,29,58H2,1-7H3,(H,60,74)(H,61,75)(H,62,78)(H,63,79)(H,64,77)(H,65,73)(H,66,76)(H,71,72)(H,81,82)/t37-,39-,40-,41-,42-,43-,44-,47-,48-/m0/s1. The number of rotatable bonds is 30. The Labute approximate surface area is 486 Å². The van der Waals surface area contributed by atoms with E-state index in [-0.39, 0.29) is 56.9 Å². The van der Waals surface area contributed by atoms with Gasteiger partial charge < -0.3 is 73.1 Å². The number of aromatic hydroxyl groups is 1. The zero-order chi connectivity index (χ0) is 61.2. The Morgan fingerprint density at radius 3 is 1.83 bits per heavy atom. The molecule has 0 bridgehead atoms. The van der Waals surface area contributed by atoms with Crippen LogP contribution in [0.5, 0.6) is 5.75 Å². The number of thioether (sulfide) groups is 1. The molecule has 0 aliphatic carbocycles. The predicted molar refractivity (Wildman–Crippen MR) is 308 cm³/mol. The van der Waals surface area contributed by atoms with E-state index in [2.05, 4.69) is 42.2 Å². The van der Waals surface area contributed by atoms with Crippen LogP contribution in [0.4, 0.5) is 0 Å². The van der Waals surface area contributed by atoms with Gasteiger partial charge in [0.15, 0.2) is 0 Å². The number of aliphatic carboxylic acids is 2. The number of benzene rings is 2. The Morgan fingerprint density at radius 1 is 0.663 bits per heavy atom. The lowest BCUT2D eigenvalue weighted by molar-refractivity contribution is -0.147. The molecular formula is C57H81N11O14S. The smallest absolute Gasteiger partial charge is 0.326 e. The molecule has 2 aliphatic heterocycles. The molecule has 0 spiro atoms. The van der Waals surface area contributed by atoms with Gasteiger partial charge in [-0.2, -0.15) is 11.8 Å². The Hall–Kier alpha value is -7.74. The molecule has 2 fully saturated rings. The maximum absolute atomic E-state index is 14.4. The summed E-state index contributed by atoms with van der Waals surface area (Å²) in [7, 11) is 0. The van der Waals surface area contributed by atoms with E-state index >= 15 is 0 Å². The number of fused-ring (bicyclic) bond motifs is 1. The van der Waals surface area contributed by atoms with E-state index < -0.39 is 144 Å². The number of phenolic OH excluding ortho intramolecular Hbond substituents is 1. The molecular weight excluding hydrogens is 1090 g/mol. The number of carboxylic acids is 2. The minimum absolute atomic E-state index is 0.0196. The first kappa shape index (κ1) is 66.1. The first-order valence-electron chi connectivity index (χ1n) is 28.0. The maximum Gasteiger partial charge on any atom is 0.326 e. The normalized spacial score (nSPS) is 17.6. The molecule has 5 rings (SSSR count). The fourth-order valence-corrected chi connectivity index (χ4v) is 10.6. The summed E-state index contributed by atoms with van der Waals surface area (Å²) in [5.41, 5.74) is 8.07. The molecule has 0 saturated carbocycles. The van der Waals surface area contributed by atoms with Crippen LogP contribution in [0.3, 0.4) is 0 Å². The summed E-state index contributed by atoms with van der Waals surface area (Å²) in [5.74, 6) is -10.1. The number of nitrogens with two attached hydrogens (primary N) is 1. The first-order valence-corrected chi connectivity index (χ1v) is 29.4. The molecule has 9 amide bonds. The molecule has 2 aromatic carbocycles. The van der Waals surface area contributed by atoms with Gasteiger partial charge in [0.2, 0.25) is 53.2 Å². The number of para-hydroxylation sites is 1. The lowest BCUT2D eigenvalue weighted by Crippen LogP contribution is -2.60. The number of amides is 9. The van der Waals surface area contributed by atoms with Crippen LogP contribution in [-0.4, -0.2) is 181 Å². The number of likely N-dealkylation sites (tertiary alicyclic amines) is 2. The van der Waals surface area contributed by atoms with Gasteiger partial charge in [-0.1, -0.05) is 71.9 Å². The van der Waals surface area contributed by atoms with Crippen LogP contribution in [0.1, 0.15) is 97.6 Å². The third-order valence-electron chi connectivity index (χ3n) is 14.6. The summed E-state index contributed by atoms with van der Waals surface area (Å²) in [6.45, 7) is 9.67. The van der Waals surface area contributed by atoms with Crippen molar-refractivity contribution in [3.63, 3.8) is 0 Å². The van der Waals surface area contributed by atoms with Crippen LogP contribution in [0, 0.1) is 17.8 Å². The Balaban J connectivity index is 1.27. The van der Waals surface area contributed by atoms with E-state index in [0.29, 0.717) is 36.1 Å². The Kier molecular flexibility index (Phi) is 24.7. The number of hydrogen-bond acceptors (Lipinski definition) is 14. The molecule has 1 aromatic heterocycles. The monoisotopic (exact) mass is 1180 g/mol. The van der Waals surface area contributed by atoms with Crippen molar-refractivity contribution < 1.29 is 68.1 Å². The molecule has 9 atom stereocenters. The molecule has 25 nitrogen and oxygen atoms in total. The van der Waals surface area contributed by atoms with Gasteiger partial charge in [-0.3, -0.25) is 47.9 Å². The number of H-pyrrole nitrogens is 1. The molecule has 0 unspecified atom stereocenters. The van der Waals surface area contributed by atoms with Crippen LogP contribution in [-0.2, 0) is 65.6 Å². The van der Waals surface area contributed by atoms with Crippen LogP contribution in [0.2, 0.25) is 0 Å². The molecule has 26 heteroatoms. The topological polar surface area (TPSA) is 381 Å². The van der Waals surface area contributed by atoms with Crippen molar-refractivity contribution in [2.24, 2.45) is 23.5 Å². The lowest BCUT2D eigenvalue weighted by atomic mass is 9.99. The number of phenols is 1. The second-order valence-corrected chi connectivity index (χ2v) is 23.2. The predicted octanol–water partition coefficient (Wildman–Crippen LogP) is 0.664. The second-order valence-electron chi connectivity index (χ2n) is 22.2. The van der Waals surface area contributed by atoms with E-state index in [1.165, 1.54) is 40.9 Å². The molecule has 83 heavy (non-hydrogen) atoms. The van der Waals surface area contributed by atoms with Crippen molar-refractivity contribution in [2.75, 3.05) is 31.6 Å². The molecule has 2 saturated heterocycles. The molecule has 454 valence electrons. The van der Waals surface area contributed by atoms with Crippen LogP contribution in [0.25, 0.3) is 10.9 Å². The molecule has 13 N–H and O–H groups in total. The minimum Gasteiger partial charge on any atom is -0.508 e. The summed E-state index contributed by atoms with van der Waals surface area (Å²) in [6.07, 6.45) is 3.81. The fraction of sp³-hybridized carbons (Fsp3) is 0.561. The lowest BCUT2D eigenvalue weighted by Gasteiger charge is -2.31. The number of carboxylic acid groups (broad SMARTS) is 2. The average molecular weight is 1180 g/mol. The van der Waals surface area contributed by atoms with Crippen molar-refractivity contribution in [3.8, 4) is 5.75 Å². The van der Waals surface area contributed by atoms with Gasteiger partial charge in [-0.15, -0.1) is 0 Å². The van der Waals surface area contributed by atoms with Crippen LogP contribution in [0.15, 0.2) is 54.7 Å². The zero-order valence-corrected chi connectivity index (χ0v) is 48.8. The minimum atomic E-state index is -1.71. The molecule has 3 aromatic rings. The van der Waals surface area contributed by atoms with E-state index in [9.17, 15) is 68.1 Å². The quantitative estimate of drug-likeness (QED) is 0.0436. The number of hydrogen-bond donors (Lipinski definition) is 12. The third kappa shape index (κ3) is 18.9. The number of aromatic nitrogens is 1. The summed E-state index contributed by atoms with van der Waals surface area (Å²) < 4.78 is 0. The Bertz CT molecular complexity index is 2810. The van der Waals surface area contributed by atoms with Gasteiger partial charge in [0.1, 0.15) is 54.1 Å². The first-order chi connectivity index (χ1) is 39.3. The maximum atomic E-state index is 14.4. The summed E-state index contributed by atoms with van der Waals surface area (Å²) >= 11 is 1.52. The average Bonchev–Trinajstić information content (AvgIpc) is 4.37. The van der Waals surface area contributed by atoms with Gasteiger partial charge in [0.25, 0.3) is 0 Å². The largest absolute Gasteiger partial charge is 0.508 e. The van der Waals surface area contributed by atoms with Crippen molar-refractivity contribution in [1.82, 2.24) is 52.0 Å². The summed E-state index contributed by atoms with van der Waals surface area (Å²) in [6, 6.07) is 1.90. The molecule has 0 radical (unpaired) electrons. The van der Waals surface area contributed by atoms with Crippen LogP contribution >= 0.6 is 11.8 Å². The van der Waals surface area contributed by atoms with Crippen molar-refractivity contribution in [3.05, 3.63) is 65.9 Å². The van der Waals surface area contributed by atoms with Gasteiger partial charge in [0.05, 0.1) is 19.0 Å². The number of aromatic amines is 1. The van der Waals surface area contributed by atoms with Gasteiger partial charge in [0, 0.05) is 43.0 Å². The highest BCUT2D eigenvalue weighted by Crippen LogP contribution is 2.24. The zero-order valence-electron chi connectivity index (χ0n) is 48.0. The van der Waals surface area contributed by atoms with Crippen molar-refractivity contribution >= 4 is 87.8 Å². The Morgan fingerprint density at radius 2 is 1.23 bits per heavy atom.